The van der Waals surface area contributed by atoms with Crippen molar-refractivity contribution in [2.75, 3.05) is 25.0 Å². The third kappa shape index (κ3) is 4.17. The molecule has 0 aromatic carbocycles. The number of likely N-dealkylation sites (tertiary alicyclic amines) is 1. The van der Waals surface area contributed by atoms with Gasteiger partial charge in [0.1, 0.15) is 29.1 Å². The number of carbonyl (C=O) groups excluding carboxylic acids is 1. The second kappa shape index (κ2) is 7.26. The molecule has 0 N–H and O–H groups in total. The number of rotatable bonds is 5. The number of hydrogen-bond donors (Lipinski definition) is 0. The van der Waals surface area contributed by atoms with Crippen LogP contribution in [0.3, 0.4) is 0 Å². The molecule has 148 valence electrons. The third-order valence-corrected chi connectivity index (χ3v) is 5.59. The average molecular weight is 400 g/mol. The van der Waals surface area contributed by atoms with Gasteiger partial charge in [0, 0.05) is 13.6 Å². The Balaban J connectivity index is 1.95. The number of thiophene rings is 1. The van der Waals surface area contributed by atoms with Crippen molar-refractivity contribution in [3.8, 4) is 0 Å². The molecule has 27 heavy (non-hydrogen) atoms. The topological polar surface area (TPSA) is 49.3 Å². The SMILES string of the molecule is Cc1nc(N(C)C2CCN(CC(F)(F)F)C2=O)c2c(CC(C)C)csc2n1. The van der Waals surface area contributed by atoms with E-state index in [1.807, 2.05) is 0 Å². The molecule has 2 aromatic rings. The van der Waals surface area contributed by atoms with E-state index in [0.717, 1.165) is 27.1 Å². The summed E-state index contributed by atoms with van der Waals surface area (Å²) in [5.74, 6) is 1.15. The van der Waals surface area contributed by atoms with E-state index >= 15 is 0 Å². The first kappa shape index (κ1) is 19.9. The molecular weight excluding hydrogens is 377 g/mol. The van der Waals surface area contributed by atoms with Gasteiger partial charge in [-0.05, 0) is 36.6 Å². The molecule has 0 aliphatic carbocycles. The number of alkyl halides is 3. The van der Waals surface area contributed by atoms with Gasteiger partial charge in [-0.15, -0.1) is 11.3 Å². The molecule has 1 aliphatic heterocycles. The normalized spacial score (nSPS) is 18.1. The smallest absolute Gasteiger partial charge is 0.347 e. The Bertz CT molecular complexity index is 849. The van der Waals surface area contributed by atoms with Gasteiger partial charge in [0.25, 0.3) is 0 Å². The first-order valence-corrected chi connectivity index (χ1v) is 9.78. The van der Waals surface area contributed by atoms with Gasteiger partial charge in [0.2, 0.25) is 5.91 Å². The van der Waals surface area contributed by atoms with Crippen molar-refractivity contribution in [2.24, 2.45) is 5.92 Å². The second-order valence-corrected chi connectivity index (χ2v) is 8.28. The number of nitrogens with zero attached hydrogens (tertiary/aromatic N) is 4. The molecule has 9 heteroatoms. The number of hydrogen-bond acceptors (Lipinski definition) is 5. The van der Waals surface area contributed by atoms with Crippen LogP contribution in [0.4, 0.5) is 19.0 Å². The molecule has 1 aliphatic rings. The van der Waals surface area contributed by atoms with Crippen molar-refractivity contribution >= 4 is 33.3 Å². The number of fused-ring (bicyclic) bond motifs is 1. The predicted molar refractivity (Wildman–Crippen MR) is 100 cm³/mol. The lowest BCUT2D eigenvalue weighted by Crippen LogP contribution is -2.43. The van der Waals surface area contributed by atoms with E-state index in [2.05, 4.69) is 29.2 Å². The van der Waals surface area contributed by atoms with Gasteiger partial charge in [0.15, 0.2) is 0 Å². The summed E-state index contributed by atoms with van der Waals surface area (Å²) in [6.45, 7) is 4.93. The summed E-state index contributed by atoms with van der Waals surface area (Å²) in [6, 6.07) is -0.642. The molecule has 3 rings (SSSR count). The van der Waals surface area contributed by atoms with Gasteiger partial charge < -0.3 is 9.80 Å². The summed E-state index contributed by atoms with van der Waals surface area (Å²) in [5, 5.41) is 2.96. The zero-order valence-corrected chi connectivity index (χ0v) is 16.6. The quantitative estimate of drug-likeness (QED) is 0.766. The maximum absolute atomic E-state index is 12.7. The Hall–Kier alpha value is -1.90. The van der Waals surface area contributed by atoms with E-state index < -0.39 is 24.7 Å². The zero-order valence-electron chi connectivity index (χ0n) is 15.8. The molecule has 3 heterocycles. The zero-order chi connectivity index (χ0) is 19.9. The molecule has 2 aromatic heterocycles. The van der Waals surface area contributed by atoms with Crippen LogP contribution >= 0.6 is 11.3 Å². The fourth-order valence-electron chi connectivity index (χ4n) is 3.53. The van der Waals surface area contributed by atoms with Gasteiger partial charge >= 0.3 is 6.18 Å². The first-order valence-electron chi connectivity index (χ1n) is 8.90. The highest BCUT2D eigenvalue weighted by Crippen LogP contribution is 2.35. The largest absolute Gasteiger partial charge is 0.406 e. The maximum Gasteiger partial charge on any atom is 0.406 e. The van der Waals surface area contributed by atoms with E-state index in [-0.39, 0.29) is 6.54 Å². The lowest BCUT2D eigenvalue weighted by atomic mass is 10.0. The summed E-state index contributed by atoms with van der Waals surface area (Å²) in [4.78, 5) is 25.1. The summed E-state index contributed by atoms with van der Waals surface area (Å²) in [5.41, 5.74) is 1.12. The van der Waals surface area contributed by atoms with Crippen LogP contribution < -0.4 is 4.90 Å². The third-order valence-electron chi connectivity index (χ3n) is 4.67. The molecule has 5 nitrogen and oxygen atoms in total. The summed E-state index contributed by atoms with van der Waals surface area (Å²) >= 11 is 1.53. The van der Waals surface area contributed by atoms with Gasteiger partial charge in [-0.25, -0.2) is 9.97 Å². The lowest BCUT2D eigenvalue weighted by molar-refractivity contribution is -0.157. The van der Waals surface area contributed by atoms with Crippen LogP contribution in [0.2, 0.25) is 0 Å². The van der Waals surface area contributed by atoms with E-state index in [1.165, 1.54) is 11.3 Å². The van der Waals surface area contributed by atoms with Crippen LogP contribution in [0.1, 0.15) is 31.7 Å². The minimum absolute atomic E-state index is 0.100. The molecule has 1 atom stereocenters. The Morgan fingerprint density at radius 2 is 2.07 bits per heavy atom. The molecule has 1 fully saturated rings. The average Bonchev–Trinajstić information content (AvgIpc) is 3.08. The fraction of sp³-hybridized carbons (Fsp3) is 0.611. The number of likely N-dealkylation sites (N-methyl/N-ethyl adjacent to an activating group) is 1. The Labute approximate surface area is 160 Å². The van der Waals surface area contributed by atoms with Gasteiger partial charge in [-0.3, -0.25) is 4.79 Å². The summed E-state index contributed by atoms with van der Waals surface area (Å²) in [7, 11) is 1.73. The van der Waals surface area contributed by atoms with Gasteiger partial charge in [-0.1, -0.05) is 13.8 Å². The Morgan fingerprint density at radius 1 is 1.37 bits per heavy atom. The summed E-state index contributed by atoms with van der Waals surface area (Å²) in [6.07, 6.45) is -3.19. The molecule has 0 saturated carbocycles. The maximum atomic E-state index is 12.7. The number of aryl methyl sites for hydroxylation is 1. The Morgan fingerprint density at radius 3 is 2.70 bits per heavy atom. The molecule has 0 spiro atoms. The number of amides is 1. The molecule has 1 saturated heterocycles. The molecular formula is C18H23F3N4OS. The highest BCUT2D eigenvalue weighted by atomic mass is 32.1. The Kier molecular flexibility index (Phi) is 5.33. The van der Waals surface area contributed by atoms with E-state index in [1.54, 1.807) is 18.9 Å². The standard InChI is InChI=1S/C18H23F3N4OS/c1-10(2)7-12-8-27-16-14(12)15(22-11(3)23-16)24(4)13-5-6-25(17(13)26)9-18(19,20)21/h8,10,13H,5-7,9H2,1-4H3. The van der Waals surface area contributed by atoms with Crippen molar-refractivity contribution in [3.63, 3.8) is 0 Å². The van der Waals surface area contributed by atoms with Crippen LogP contribution in [0, 0.1) is 12.8 Å². The lowest BCUT2D eigenvalue weighted by Gasteiger charge is -2.26. The fourth-order valence-corrected chi connectivity index (χ4v) is 4.53. The number of halogens is 3. The van der Waals surface area contributed by atoms with Crippen LogP contribution in [0.5, 0.6) is 0 Å². The monoisotopic (exact) mass is 400 g/mol. The molecule has 1 unspecified atom stereocenters. The number of aromatic nitrogens is 2. The van der Waals surface area contributed by atoms with Gasteiger partial charge in [-0.2, -0.15) is 13.2 Å². The highest BCUT2D eigenvalue weighted by Gasteiger charge is 2.41. The van der Waals surface area contributed by atoms with Crippen LogP contribution in [-0.4, -0.2) is 53.1 Å². The van der Waals surface area contributed by atoms with Crippen LogP contribution in [0.25, 0.3) is 10.2 Å². The van der Waals surface area contributed by atoms with Crippen LogP contribution in [-0.2, 0) is 11.2 Å². The van der Waals surface area contributed by atoms with E-state index in [0.29, 0.717) is 24.0 Å². The van der Waals surface area contributed by atoms with Crippen molar-refractivity contribution in [2.45, 2.75) is 45.8 Å². The predicted octanol–water partition coefficient (Wildman–Crippen LogP) is 3.80. The minimum atomic E-state index is -4.39. The number of carbonyl (C=O) groups is 1. The van der Waals surface area contributed by atoms with Crippen molar-refractivity contribution in [1.82, 2.24) is 14.9 Å². The molecule has 0 radical (unpaired) electrons. The van der Waals surface area contributed by atoms with Crippen molar-refractivity contribution in [3.05, 3.63) is 16.8 Å². The highest BCUT2D eigenvalue weighted by molar-refractivity contribution is 7.17. The number of anilines is 1. The van der Waals surface area contributed by atoms with E-state index in [4.69, 9.17) is 0 Å². The van der Waals surface area contributed by atoms with Crippen molar-refractivity contribution < 1.29 is 18.0 Å². The second-order valence-electron chi connectivity index (χ2n) is 7.42. The first-order chi connectivity index (χ1) is 12.6. The molecule has 0 bridgehead atoms. The van der Waals surface area contributed by atoms with Crippen molar-refractivity contribution in [1.29, 1.82) is 0 Å². The van der Waals surface area contributed by atoms with Crippen LogP contribution in [0.15, 0.2) is 5.38 Å². The van der Waals surface area contributed by atoms with E-state index in [9.17, 15) is 18.0 Å². The summed E-state index contributed by atoms with van der Waals surface area (Å²) < 4.78 is 38.1. The molecule has 1 amide bonds. The van der Waals surface area contributed by atoms with Gasteiger partial charge in [0.05, 0.1) is 5.39 Å². The minimum Gasteiger partial charge on any atom is -0.347 e.